The number of para-hydroxylation sites is 1. The van der Waals surface area contributed by atoms with Crippen molar-refractivity contribution in [2.75, 3.05) is 6.54 Å². The van der Waals surface area contributed by atoms with Crippen LogP contribution >= 0.6 is 11.3 Å². The fraction of sp³-hybridized carbons (Fsp3) is 0.214. The van der Waals surface area contributed by atoms with E-state index in [-0.39, 0.29) is 24.0 Å². The second kappa shape index (κ2) is 12.3. The van der Waals surface area contributed by atoms with Crippen molar-refractivity contribution in [2.24, 2.45) is 10.7 Å². The summed E-state index contributed by atoms with van der Waals surface area (Å²) >= 11 is 1.59. The van der Waals surface area contributed by atoms with Gasteiger partial charge < -0.3 is 16.4 Å². The molecule has 4 rings (SSSR count). The van der Waals surface area contributed by atoms with E-state index in [2.05, 4.69) is 27.2 Å². The molecule has 1 fully saturated rings. The van der Waals surface area contributed by atoms with Gasteiger partial charge >= 0.3 is 0 Å². The number of hydrogen-bond acceptors (Lipinski definition) is 7. The van der Waals surface area contributed by atoms with Crippen molar-refractivity contribution < 1.29 is 14.0 Å². The van der Waals surface area contributed by atoms with Gasteiger partial charge in [-0.05, 0) is 44.0 Å². The summed E-state index contributed by atoms with van der Waals surface area (Å²) in [6.07, 6.45) is 8.98. The summed E-state index contributed by atoms with van der Waals surface area (Å²) in [5.41, 5.74) is 7.33. The average molecular weight is 533 g/mol. The molecule has 1 aliphatic rings. The van der Waals surface area contributed by atoms with Crippen LogP contribution in [0.25, 0.3) is 10.1 Å². The molecule has 1 unspecified atom stereocenters. The number of allylic oxidation sites excluding steroid dienone is 2. The quantitative estimate of drug-likeness (QED) is 0.281. The van der Waals surface area contributed by atoms with Gasteiger partial charge in [0.2, 0.25) is 5.91 Å². The van der Waals surface area contributed by atoms with E-state index in [0.717, 1.165) is 15.0 Å². The lowest BCUT2D eigenvalue weighted by Crippen LogP contribution is -2.46. The van der Waals surface area contributed by atoms with Gasteiger partial charge in [0.15, 0.2) is 0 Å². The molecule has 1 saturated heterocycles. The summed E-state index contributed by atoms with van der Waals surface area (Å²) in [4.78, 5) is 37.3. The predicted octanol–water partition coefficient (Wildman–Crippen LogP) is 4.29. The third-order valence-electron chi connectivity index (χ3n) is 6.12. The number of hydrogen-bond donors (Lipinski definition) is 3. The van der Waals surface area contributed by atoms with Crippen LogP contribution in [0.3, 0.4) is 0 Å². The predicted molar refractivity (Wildman–Crippen MR) is 149 cm³/mol. The molecule has 2 amide bonds. The van der Waals surface area contributed by atoms with Crippen LogP contribution in [0.1, 0.15) is 24.6 Å². The van der Waals surface area contributed by atoms with E-state index in [1.165, 1.54) is 23.4 Å². The Morgan fingerprint density at radius 3 is 2.87 bits per heavy atom. The highest BCUT2D eigenvalue weighted by Crippen LogP contribution is 2.29. The number of rotatable bonds is 9. The first-order valence-electron chi connectivity index (χ1n) is 12.1. The number of benzene rings is 1. The fourth-order valence-electron chi connectivity index (χ4n) is 4.11. The zero-order valence-corrected chi connectivity index (χ0v) is 21.8. The third-order valence-corrected chi connectivity index (χ3v) is 7.24. The van der Waals surface area contributed by atoms with Crippen molar-refractivity contribution in [3.63, 3.8) is 0 Å². The number of carbonyl (C=O) groups is 2. The Morgan fingerprint density at radius 2 is 2.13 bits per heavy atom. The Bertz CT molecular complexity index is 1410. The van der Waals surface area contributed by atoms with Gasteiger partial charge in [-0.1, -0.05) is 24.8 Å². The molecule has 3 heterocycles. The normalized spacial score (nSPS) is 16.4. The van der Waals surface area contributed by atoms with Crippen LogP contribution in [0.5, 0.6) is 0 Å². The minimum absolute atomic E-state index is 0.178. The Hall–Kier alpha value is -4.31. The van der Waals surface area contributed by atoms with Crippen LogP contribution in [0.2, 0.25) is 0 Å². The first-order valence-corrected chi connectivity index (χ1v) is 12.9. The van der Waals surface area contributed by atoms with E-state index in [4.69, 9.17) is 5.73 Å². The summed E-state index contributed by atoms with van der Waals surface area (Å²) < 4.78 is 14.9. The SMILES string of the molecule is C=C1CCC(C(=O)NCc2cc3cnccc3s2)N1C(=O)/C(=C\C)NC/C(C=Nc1ccccc1F)=C/N. The summed E-state index contributed by atoms with van der Waals surface area (Å²) in [6, 6.07) is 9.43. The summed E-state index contributed by atoms with van der Waals surface area (Å²) in [7, 11) is 0. The molecule has 2 aromatic heterocycles. The van der Waals surface area contributed by atoms with E-state index < -0.39 is 11.9 Å². The average Bonchev–Trinajstić information content (AvgIpc) is 3.53. The van der Waals surface area contributed by atoms with Gasteiger partial charge in [0.05, 0.1) is 17.9 Å². The van der Waals surface area contributed by atoms with Gasteiger partial charge in [-0.15, -0.1) is 11.3 Å². The molecule has 8 nitrogen and oxygen atoms in total. The lowest BCUT2D eigenvalue weighted by atomic mass is 10.2. The number of aliphatic imine (C=N–C) groups is 1. The highest BCUT2D eigenvalue weighted by atomic mass is 32.1. The highest BCUT2D eigenvalue weighted by Gasteiger charge is 2.37. The topological polar surface area (TPSA) is 113 Å². The number of pyridine rings is 1. The monoisotopic (exact) mass is 532 g/mol. The van der Waals surface area contributed by atoms with Gasteiger partial charge in [0.25, 0.3) is 5.91 Å². The fourth-order valence-corrected chi connectivity index (χ4v) is 5.08. The van der Waals surface area contributed by atoms with E-state index in [1.807, 2.05) is 12.1 Å². The zero-order valence-electron chi connectivity index (χ0n) is 21.0. The van der Waals surface area contributed by atoms with E-state index >= 15 is 0 Å². The molecule has 0 spiro atoms. The van der Waals surface area contributed by atoms with Gasteiger partial charge in [-0.25, -0.2) is 4.39 Å². The number of carbonyl (C=O) groups excluding carboxylic acids is 2. The van der Waals surface area contributed by atoms with Gasteiger partial charge in [0, 0.05) is 57.6 Å². The number of nitrogens with zero attached hydrogens (tertiary/aromatic N) is 3. The molecule has 10 heteroatoms. The molecule has 38 heavy (non-hydrogen) atoms. The Balaban J connectivity index is 1.38. The highest BCUT2D eigenvalue weighted by molar-refractivity contribution is 7.19. The maximum Gasteiger partial charge on any atom is 0.274 e. The van der Waals surface area contributed by atoms with Crippen LogP contribution in [-0.4, -0.2) is 40.5 Å². The third kappa shape index (κ3) is 6.15. The molecule has 0 bridgehead atoms. The smallest absolute Gasteiger partial charge is 0.274 e. The summed E-state index contributed by atoms with van der Waals surface area (Å²) in [5.74, 6) is -1.04. The Morgan fingerprint density at radius 1 is 1.32 bits per heavy atom. The summed E-state index contributed by atoms with van der Waals surface area (Å²) in [6.45, 7) is 6.28. The zero-order chi connectivity index (χ0) is 27.1. The number of nitrogens with one attached hydrogen (secondary N) is 2. The minimum atomic E-state index is -0.657. The van der Waals surface area contributed by atoms with Crippen molar-refractivity contribution in [2.45, 2.75) is 32.4 Å². The molecule has 3 aromatic rings. The van der Waals surface area contributed by atoms with Gasteiger partial charge in [-0.3, -0.25) is 24.5 Å². The number of aromatic nitrogens is 1. The van der Waals surface area contributed by atoms with Crippen molar-refractivity contribution in [3.05, 3.63) is 95.3 Å². The maximum atomic E-state index is 13.8. The molecular weight excluding hydrogens is 503 g/mol. The number of nitrogens with two attached hydrogens (primary N) is 1. The van der Waals surface area contributed by atoms with Crippen LogP contribution in [-0.2, 0) is 16.1 Å². The Kier molecular flexibility index (Phi) is 8.65. The van der Waals surface area contributed by atoms with Crippen molar-refractivity contribution in [1.82, 2.24) is 20.5 Å². The molecular formula is C28H29FN6O2S. The largest absolute Gasteiger partial charge is 0.404 e. The van der Waals surface area contributed by atoms with E-state index in [1.54, 1.807) is 54.9 Å². The second-order valence-electron chi connectivity index (χ2n) is 8.65. The van der Waals surface area contributed by atoms with E-state index in [9.17, 15) is 14.0 Å². The van der Waals surface area contributed by atoms with Gasteiger partial charge in [-0.2, -0.15) is 0 Å². The Labute approximate surface area is 224 Å². The standard InChI is InChI=1S/C28H29FN6O2S/c1-3-23(32-14-19(13-30)15-33-24-7-5-4-6-22(24)29)28(37)35-18(2)8-9-25(35)27(36)34-17-21-12-20-16-31-11-10-26(20)38-21/h3-7,10-13,15-16,25,32H,2,8-9,14,17,30H2,1H3,(H,34,36)/b19-13-,23-3+,33-15?. The lowest BCUT2D eigenvalue weighted by molar-refractivity contribution is -0.134. The van der Waals surface area contributed by atoms with Crippen LogP contribution in [0.15, 0.2) is 89.6 Å². The molecule has 0 radical (unpaired) electrons. The molecule has 0 saturated carbocycles. The number of likely N-dealkylation sites (tertiary alicyclic amines) is 1. The van der Waals surface area contributed by atoms with Crippen LogP contribution in [0, 0.1) is 5.82 Å². The minimum Gasteiger partial charge on any atom is -0.404 e. The van der Waals surface area contributed by atoms with Crippen molar-refractivity contribution >= 4 is 45.1 Å². The number of thiophene rings is 1. The molecule has 0 aliphatic carbocycles. The first-order chi connectivity index (χ1) is 18.4. The second-order valence-corrected chi connectivity index (χ2v) is 9.82. The summed E-state index contributed by atoms with van der Waals surface area (Å²) in [5, 5.41) is 7.05. The first kappa shape index (κ1) is 26.7. The van der Waals surface area contributed by atoms with E-state index in [0.29, 0.717) is 36.4 Å². The molecule has 4 N–H and O–H groups in total. The molecule has 1 aromatic carbocycles. The van der Waals surface area contributed by atoms with Crippen molar-refractivity contribution in [1.29, 1.82) is 0 Å². The maximum absolute atomic E-state index is 13.8. The van der Waals surface area contributed by atoms with Gasteiger partial charge in [0.1, 0.15) is 11.9 Å². The molecule has 1 atom stereocenters. The van der Waals surface area contributed by atoms with Crippen LogP contribution < -0.4 is 16.4 Å². The molecule has 1 aliphatic heterocycles. The molecule has 196 valence electrons. The van der Waals surface area contributed by atoms with Crippen LogP contribution in [0.4, 0.5) is 10.1 Å². The number of fused-ring (bicyclic) bond motifs is 1. The number of halogens is 1. The lowest BCUT2D eigenvalue weighted by Gasteiger charge is -2.26. The number of amides is 2. The van der Waals surface area contributed by atoms with Crippen molar-refractivity contribution in [3.8, 4) is 0 Å².